The van der Waals surface area contributed by atoms with Gasteiger partial charge in [0, 0.05) is 38.3 Å². The van der Waals surface area contributed by atoms with E-state index in [-0.39, 0.29) is 28.9 Å². The third kappa shape index (κ3) is 7.35. The number of phenols is 1. The zero-order chi connectivity index (χ0) is 34.8. The highest BCUT2D eigenvalue weighted by Crippen LogP contribution is 2.33. The van der Waals surface area contributed by atoms with Gasteiger partial charge in [0.05, 0.1) is 40.9 Å². The Morgan fingerprint density at radius 1 is 1.10 bits per heavy atom. The number of thiazole rings is 1. The van der Waals surface area contributed by atoms with Crippen LogP contribution in [0.15, 0.2) is 65.5 Å². The average Bonchev–Trinajstić information content (AvgIpc) is 3.70. The van der Waals surface area contributed by atoms with Gasteiger partial charge in [-0.25, -0.2) is 4.39 Å². The van der Waals surface area contributed by atoms with Crippen LogP contribution in [0.1, 0.15) is 51.8 Å². The lowest BCUT2D eigenvalue weighted by molar-refractivity contribution is -0.128. The summed E-state index contributed by atoms with van der Waals surface area (Å²) in [6.45, 7) is 6.14. The molecule has 0 bridgehead atoms. The van der Waals surface area contributed by atoms with Crippen molar-refractivity contribution >= 4 is 27.5 Å². The molecule has 0 radical (unpaired) electrons. The molecule has 12 nitrogen and oxygen atoms in total. The normalized spacial score (nSPS) is 17.1. The van der Waals surface area contributed by atoms with E-state index in [4.69, 9.17) is 4.74 Å². The summed E-state index contributed by atoms with van der Waals surface area (Å²) in [6, 6.07) is 17.7. The number of likely N-dealkylation sites (tertiary alicyclic amines) is 1. The van der Waals surface area contributed by atoms with Crippen molar-refractivity contribution in [3.8, 4) is 11.4 Å². The Morgan fingerprint density at radius 3 is 2.68 bits per heavy atom. The van der Waals surface area contributed by atoms with Crippen molar-refractivity contribution in [1.82, 2.24) is 35.1 Å². The van der Waals surface area contributed by atoms with E-state index in [0.717, 1.165) is 54.1 Å². The molecule has 1 atom stereocenters. The predicted molar refractivity (Wildman–Crippen MR) is 187 cm³/mol. The highest BCUT2D eigenvalue weighted by atomic mass is 32.1. The maximum Gasteiger partial charge on any atom is 0.305 e. The van der Waals surface area contributed by atoms with Gasteiger partial charge in [-0.3, -0.25) is 14.5 Å². The maximum atomic E-state index is 14.7. The standard InChI is InChI=1S/C36H40FN7O5S/c1-23-31(41-44(40-23)27-5-3-2-4-6-27)34(47)43-15-16-49-36(22-43)10-13-42(14-11-36)21-25-17-24(18-26(37)19-25)9-12-38-20-30(46)28-7-8-29(45)32-33(28)50-35(48)39-32/h2-8,17-19,30,38,45-46H,9-16,20-22H2,1H3,(H,39,48). The summed E-state index contributed by atoms with van der Waals surface area (Å²) in [4.78, 5) is 33.3. The minimum atomic E-state index is -0.882. The summed E-state index contributed by atoms with van der Waals surface area (Å²) < 4.78 is 21.5. The van der Waals surface area contributed by atoms with E-state index in [1.807, 2.05) is 41.3 Å². The molecule has 2 saturated heterocycles. The summed E-state index contributed by atoms with van der Waals surface area (Å²) in [7, 11) is 0. The number of nitrogens with one attached hydrogen (secondary N) is 2. The Kier molecular flexibility index (Phi) is 9.80. The largest absolute Gasteiger partial charge is 0.506 e. The van der Waals surface area contributed by atoms with Crippen molar-refractivity contribution in [3.63, 3.8) is 0 Å². The van der Waals surface area contributed by atoms with Gasteiger partial charge < -0.3 is 30.2 Å². The molecule has 5 aromatic rings. The topological polar surface area (TPSA) is 149 Å². The molecular formula is C36H40FN7O5S. The Hall–Kier alpha value is -4.47. The lowest BCUT2D eigenvalue weighted by atomic mass is 9.89. The molecule has 14 heteroatoms. The lowest BCUT2D eigenvalue weighted by Gasteiger charge is -2.47. The number of morpholine rings is 1. The lowest BCUT2D eigenvalue weighted by Crippen LogP contribution is -2.58. The number of aromatic nitrogens is 4. The van der Waals surface area contributed by atoms with Crippen LogP contribution in [0.5, 0.6) is 5.75 Å². The molecular weight excluding hydrogens is 662 g/mol. The summed E-state index contributed by atoms with van der Waals surface area (Å²) >= 11 is 0.949. The van der Waals surface area contributed by atoms with Gasteiger partial charge >= 0.3 is 4.87 Å². The van der Waals surface area contributed by atoms with E-state index in [0.29, 0.717) is 66.4 Å². The van der Waals surface area contributed by atoms with E-state index in [1.165, 1.54) is 16.9 Å². The van der Waals surface area contributed by atoms with Gasteiger partial charge in [-0.15, -0.1) is 5.10 Å². The number of aliphatic hydroxyl groups is 1. The van der Waals surface area contributed by atoms with Crippen molar-refractivity contribution in [3.05, 3.63) is 104 Å². The average molecular weight is 702 g/mol. The number of piperidine rings is 1. The number of hydrogen-bond donors (Lipinski definition) is 4. The number of phenolic OH excluding ortho intramolecular Hbond substituents is 1. The molecule has 1 spiro atoms. The number of ether oxygens (including phenoxy) is 1. The zero-order valence-electron chi connectivity index (χ0n) is 27.8. The van der Waals surface area contributed by atoms with Crippen molar-refractivity contribution in [2.24, 2.45) is 0 Å². The molecule has 4 heterocycles. The van der Waals surface area contributed by atoms with Crippen LogP contribution in [0.3, 0.4) is 0 Å². The number of nitrogens with zero attached hydrogens (tertiary/aromatic N) is 5. The molecule has 50 heavy (non-hydrogen) atoms. The smallest absolute Gasteiger partial charge is 0.305 e. The van der Waals surface area contributed by atoms with Crippen LogP contribution >= 0.6 is 11.3 Å². The van der Waals surface area contributed by atoms with Gasteiger partial charge in [0.2, 0.25) is 0 Å². The van der Waals surface area contributed by atoms with E-state index in [1.54, 1.807) is 19.1 Å². The van der Waals surface area contributed by atoms with Crippen LogP contribution in [0.4, 0.5) is 4.39 Å². The number of fused-ring (bicyclic) bond motifs is 1. The third-order valence-corrected chi connectivity index (χ3v) is 10.5. The predicted octanol–water partition coefficient (Wildman–Crippen LogP) is 3.70. The fourth-order valence-electron chi connectivity index (χ4n) is 6.94. The Labute approximate surface area is 292 Å². The van der Waals surface area contributed by atoms with Crippen LogP contribution in [-0.4, -0.2) is 97.4 Å². The number of hydrogen-bond acceptors (Lipinski definition) is 10. The summed E-state index contributed by atoms with van der Waals surface area (Å²) in [6.07, 6.45) is 1.20. The second-order valence-corrected chi connectivity index (χ2v) is 14.1. The summed E-state index contributed by atoms with van der Waals surface area (Å²) in [5.74, 6) is -0.460. The number of para-hydroxylation sites is 1. The maximum absolute atomic E-state index is 14.7. The van der Waals surface area contributed by atoms with Gasteiger partial charge in [0.1, 0.15) is 17.1 Å². The first-order chi connectivity index (χ1) is 24.2. The van der Waals surface area contributed by atoms with Crippen molar-refractivity contribution in [2.45, 2.75) is 44.4 Å². The highest BCUT2D eigenvalue weighted by Gasteiger charge is 2.41. The van der Waals surface area contributed by atoms with Crippen LogP contribution in [0.2, 0.25) is 0 Å². The summed E-state index contributed by atoms with van der Waals surface area (Å²) in [5.41, 5.74) is 3.94. The zero-order valence-corrected chi connectivity index (χ0v) is 28.6. The third-order valence-electron chi connectivity index (χ3n) is 9.57. The number of H-pyrrole nitrogens is 1. The van der Waals surface area contributed by atoms with Crippen LogP contribution < -0.4 is 10.2 Å². The number of benzene rings is 3. The number of aromatic amines is 1. The van der Waals surface area contributed by atoms with Crippen molar-refractivity contribution in [2.75, 3.05) is 45.9 Å². The first-order valence-electron chi connectivity index (χ1n) is 16.8. The molecule has 1 unspecified atom stereocenters. The minimum absolute atomic E-state index is 0.0359. The van der Waals surface area contributed by atoms with Gasteiger partial charge in [-0.05, 0) is 74.2 Å². The van der Waals surface area contributed by atoms with Crippen LogP contribution in [-0.2, 0) is 17.7 Å². The molecule has 4 N–H and O–H groups in total. The van der Waals surface area contributed by atoms with Gasteiger partial charge in [0.25, 0.3) is 5.91 Å². The second-order valence-electron chi connectivity index (χ2n) is 13.1. The van der Waals surface area contributed by atoms with Crippen LogP contribution in [0.25, 0.3) is 15.9 Å². The van der Waals surface area contributed by atoms with Gasteiger partial charge in [0.15, 0.2) is 5.69 Å². The monoisotopic (exact) mass is 701 g/mol. The van der Waals surface area contributed by atoms with Gasteiger partial charge in [-0.2, -0.15) is 9.90 Å². The molecule has 2 fully saturated rings. The first-order valence-corrected chi connectivity index (χ1v) is 17.6. The van der Waals surface area contributed by atoms with E-state index >= 15 is 0 Å². The SMILES string of the molecule is Cc1nn(-c2ccccc2)nc1C(=O)N1CCOC2(CCN(Cc3cc(F)cc(CCNCC(O)c4ccc(O)c5[nH]c(=O)sc45)c3)CC2)C1. The molecule has 2 aliphatic heterocycles. The number of rotatable bonds is 10. The van der Waals surface area contributed by atoms with E-state index in [9.17, 15) is 24.2 Å². The van der Waals surface area contributed by atoms with Gasteiger partial charge in [-0.1, -0.05) is 41.7 Å². The Bertz CT molecular complexity index is 2040. The molecule has 262 valence electrons. The van der Waals surface area contributed by atoms with Crippen molar-refractivity contribution in [1.29, 1.82) is 0 Å². The quantitative estimate of drug-likeness (QED) is 0.160. The molecule has 0 saturated carbocycles. The molecule has 3 aromatic carbocycles. The number of halogens is 1. The fraction of sp³-hybridized carbons (Fsp3) is 0.389. The number of aromatic hydroxyl groups is 1. The first kappa shape index (κ1) is 34.0. The second kappa shape index (κ2) is 14.4. The molecule has 2 aromatic heterocycles. The Balaban J connectivity index is 0.907. The minimum Gasteiger partial charge on any atom is -0.506 e. The molecule has 7 rings (SSSR count). The molecule has 2 aliphatic rings. The van der Waals surface area contributed by atoms with Crippen molar-refractivity contribution < 1.29 is 24.1 Å². The number of carbonyl (C=O) groups excluding carboxylic acids is 1. The number of amides is 1. The number of aliphatic hydroxyl groups excluding tert-OH is 1. The van der Waals surface area contributed by atoms with Crippen LogP contribution in [0, 0.1) is 12.7 Å². The molecule has 0 aliphatic carbocycles. The highest BCUT2D eigenvalue weighted by molar-refractivity contribution is 7.16. The molecule has 1 amide bonds. The number of aryl methyl sites for hydroxylation is 1. The van der Waals surface area contributed by atoms with E-state index in [2.05, 4.69) is 25.4 Å². The van der Waals surface area contributed by atoms with E-state index < -0.39 is 11.7 Å². The summed E-state index contributed by atoms with van der Waals surface area (Å²) in [5, 5.41) is 33.0. The number of carbonyl (C=O) groups is 1. The Morgan fingerprint density at radius 2 is 1.88 bits per heavy atom. The fourth-order valence-corrected chi connectivity index (χ4v) is 7.85.